The summed E-state index contributed by atoms with van der Waals surface area (Å²) in [6.07, 6.45) is 2.09. The molecule has 1 saturated carbocycles. The molecule has 0 amide bonds. The lowest BCUT2D eigenvalue weighted by Crippen LogP contribution is -2.49. The van der Waals surface area contributed by atoms with Crippen molar-refractivity contribution in [3.05, 3.63) is 16.4 Å². The van der Waals surface area contributed by atoms with Crippen LogP contribution < -0.4 is 0 Å². The average Bonchev–Trinajstić information content (AvgIpc) is 2.41. The maximum atomic E-state index is 10.2. The summed E-state index contributed by atoms with van der Waals surface area (Å²) in [5.41, 5.74) is 1.17. The van der Waals surface area contributed by atoms with E-state index in [1.54, 1.807) is 11.8 Å². The van der Waals surface area contributed by atoms with Crippen LogP contribution in [0.5, 0.6) is 0 Å². The predicted octanol–water partition coefficient (Wildman–Crippen LogP) is 1.46. The molecule has 1 fully saturated rings. The van der Waals surface area contributed by atoms with Crippen LogP contribution in [0.4, 0.5) is 0 Å². The molecule has 2 rings (SSSR count). The standard InChI is InChI=1S/C11H17ClN2O2/c1-7-9(10(12)14(2)13-7)6-11(15)4-8(5-11)16-3/h8,15H,4-6H2,1-3H3. The van der Waals surface area contributed by atoms with Crippen molar-refractivity contribution in [3.8, 4) is 0 Å². The summed E-state index contributed by atoms with van der Waals surface area (Å²) in [6, 6.07) is 0. The second kappa shape index (κ2) is 4.02. The Morgan fingerprint density at radius 1 is 1.62 bits per heavy atom. The molecule has 0 bridgehead atoms. The molecule has 0 aliphatic heterocycles. The molecule has 0 aromatic carbocycles. The van der Waals surface area contributed by atoms with Crippen LogP contribution in [0, 0.1) is 6.92 Å². The highest BCUT2D eigenvalue weighted by Crippen LogP contribution is 2.38. The first-order valence-corrected chi connectivity index (χ1v) is 5.76. The van der Waals surface area contributed by atoms with Gasteiger partial charge in [-0.2, -0.15) is 5.10 Å². The van der Waals surface area contributed by atoms with Crippen LogP contribution in [-0.4, -0.2) is 33.7 Å². The third kappa shape index (κ3) is 1.97. The maximum Gasteiger partial charge on any atom is 0.130 e. The van der Waals surface area contributed by atoms with Crippen LogP contribution in [0.1, 0.15) is 24.1 Å². The topological polar surface area (TPSA) is 47.3 Å². The first-order chi connectivity index (χ1) is 7.45. The number of methoxy groups -OCH3 is 1. The Morgan fingerprint density at radius 2 is 2.25 bits per heavy atom. The number of nitrogens with zero attached hydrogens (tertiary/aromatic N) is 2. The lowest BCUT2D eigenvalue weighted by molar-refractivity contribution is -0.126. The van der Waals surface area contributed by atoms with Gasteiger partial charge in [0.05, 0.1) is 17.4 Å². The van der Waals surface area contributed by atoms with Crippen molar-refractivity contribution in [2.45, 2.75) is 37.9 Å². The first-order valence-electron chi connectivity index (χ1n) is 5.38. The van der Waals surface area contributed by atoms with Gasteiger partial charge in [-0.05, 0) is 6.92 Å². The number of aryl methyl sites for hydroxylation is 2. The highest BCUT2D eigenvalue weighted by atomic mass is 35.5. The molecular weight excluding hydrogens is 228 g/mol. The Kier molecular flexibility index (Phi) is 2.99. The average molecular weight is 245 g/mol. The molecule has 0 spiro atoms. The minimum atomic E-state index is -0.669. The summed E-state index contributed by atoms with van der Waals surface area (Å²) in [5, 5.41) is 15.1. The van der Waals surface area contributed by atoms with Gasteiger partial charge in [0.25, 0.3) is 0 Å². The fraction of sp³-hybridized carbons (Fsp3) is 0.727. The number of hydrogen-bond donors (Lipinski definition) is 1. The van der Waals surface area contributed by atoms with Crippen molar-refractivity contribution in [1.29, 1.82) is 0 Å². The van der Waals surface area contributed by atoms with E-state index in [0.717, 1.165) is 11.3 Å². The summed E-state index contributed by atoms with van der Waals surface area (Å²) < 4.78 is 6.81. The van der Waals surface area contributed by atoms with E-state index in [4.69, 9.17) is 16.3 Å². The van der Waals surface area contributed by atoms with Gasteiger partial charge in [0, 0.05) is 39.0 Å². The lowest BCUT2D eigenvalue weighted by atomic mass is 9.74. The maximum absolute atomic E-state index is 10.2. The van der Waals surface area contributed by atoms with Crippen LogP contribution in [0.25, 0.3) is 0 Å². The van der Waals surface area contributed by atoms with E-state index in [2.05, 4.69) is 5.10 Å². The SMILES string of the molecule is COC1CC(O)(Cc2c(C)nn(C)c2Cl)C1. The van der Waals surface area contributed by atoms with Gasteiger partial charge < -0.3 is 9.84 Å². The number of hydrogen-bond acceptors (Lipinski definition) is 3. The smallest absolute Gasteiger partial charge is 0.130 e. The van der Waals surface area contributed by atoms with Gasteiger partial charge in [-0.1, -0.05) is 11.6 Å². The van der Waals surface area contributed by atoms with Gasteiger partial charge in [-0.25, -0.2) is 0 Å². The second-order valence-corrected chi connectivity index (χ2v) is 5.00. The third-order valence-corrected chi connectivity index (χ3v) is 3.80. The van der Waals surface area contributed by atoms with E-state index in [-0.39, 0.29) is 6.10 Å². The Balaban J connectivity index is 2.10. The van der Waals surface area contributed by atoms with E-state index in [1.165, 1.54) is 0 Å². The molecule has 4 nitrogen and oxygen atoms in total. The molecule has 0 radical (unpaired) electrons. The number of aliphatic hydroxyl groups is 1. The molecule has 0 unspecified atom stereocenters. The zero-order chi connectivity index (χ0) is 11.9. The van der Waals surface area contributed by atoms with Gasteiger partial charge in [0.15, 0.2) is 0 Å². The monoisotopic (exact) mass is 244 g/mol. The summed E-state index contributed by atoms with van der Waals surface area (Å²) in [5.74, 6) is 0. The highest BCUT2D eigenvalue weighted by molar-refractivity contribution is 6.30. The summed E-state index contributed by atoms with van der Waals surface area (Å²) in [4.78, 5) is 0. The van der Waals surface area contributed by atoms with Gasteiger partial charge in [0.1, 0.15) is 5.15 Å². The number of halogens is 1. The van der Waals surface area contributed by atoms with Crippen molar-refractivity contribution in [3.63, 3.8) is 0 Å². The molecule has 0 atom stereocenters. The zero-order valence-electron chi connectivity index (χ0n) is 9.83. The molecule has 1 aliphatic rings. The minimum Gasteiger partial charge on any atom is -0.389 e. The molecule has 90 valence electrons. The minimum absolute atomic E-state index is 0.181. The molecular formula is C11H17ClN2O2. The quantitative estimate of drug-likeness (QED) is 0.876. The van der Waals surface area contributed by atoms with Gasteiger partial charge in [-0.3, -0.25) is 4.68 Å². The second-order valence-electron chi connectivity index (χ2n) is 4.65. The molecule has 1 aliphatic carbocycles. The molecule has 1 heterocycles. The van der Waals surface area contributed by atoms with E-state index >= 15 is 0 Å². The number of ether oxygens (including phenoxy) is 1. The fourth-order valence-corrected chi connectivity index (χ4v) is 2.54. The third-order valence-electron chi connectivity index (χ3n) is 3.32. The molecule has 5 heteroatoms. The van der Waals surface area contributed by atoms with Crippen molar-refractivity contribution in [2.75, 3.05) is 7.11 Å². The van der Waals surface area contributed by atoms with Crippen molar-refractivity contribution in [1.82, 2.24) is 9.78 Å². The van der Waals surface area contributed by atoms with E-state index in [0.29, 0.717) is 24.4 Å². The van der Waals surface area contributed by atoms with Gasteiger partial charge in [0.2, 0.25) is 0 Å². The fourth-order valence-electron chi connectivity index (χ4n) is 2.30. The predicted molar refractivity (Wildman–Crippen MR) is 61.6 cm³/mol. The summed E-state index contributed by atoms with van der Waals surface area (Å²) >= 11 is 6.13. The first kappa shape index (κ1) is 11.9. The molecule has 16 heavy (non-hydrogen) atoms. The van der Waals surface area contributed by atoms with Gasteiger partial charge in [-0.15, -0.1) is 0 Å². The van der Waals surface area contributed by atoms with Crippen molar-refractivity contribution in [2.24, 2.45) is 7.05 Å². The highest BCUT2D eigenvalue weighted by Gasteiger charge is 2.43. The van der Waals surface area contributed by atoms with Crippen LogP contribution in [-0.2, 0) is 18.2 Å². The van der Waals surface area contributed by atoms with Crippen LogP contribution in [0.2, 0.25) is 5.15 Å². The van der Waals surface area contributed by atoms with E-state index < -0.39 is 5.60 Å². The lowest BCUT2D eigenvalue weighted by Gasteiger charge is -2.42. The van der Waals surface area contributed by atoms with Crippen LogP contribution >= 0.6 is 11.6 Å². The Bertz CT molecular complexity index is 397. The van der Waals surface area contributed by atoms with E-state index in [1.807, 2.05) is 14.0 Å². The molecule has 0 saturated heterocycles. The summed E-state index contributed by atoms with van der Waals surface area (Å²) in [7, 11) is 3.48. The zero-order valence-corrected chi connectivity index (χ0v) is 10.6. The molecule has 1 aromatic heterocycles. The number of aromatic nitrogens is 2. The van der Waals surface area contributed by atoms with Crippen molar-refractivity contribution >= 4 is 11.6 Å². The van der Waals surface area contributed by atoms with E-state index in [9.17, 15) is 5.11 Å². The van der Waals surface area contributed by atoms with Gasteiger partial charge >= 0.3 is 0 Å². The Labute approximate surface area is 100 Å². The normalized spacial score (nSPS) is 29.2. The number of rotatable bonds is 3. The molecule has 1 N–H and O–H groups in total. The Hall–Kier alpha value is -0.580. The largest absolute Gasteiger partial charge is 0.389 e. The summed E-state index contributed by atoms with van der Waals surface area (Å²) in [6.45, 7) is 1.91. The van der Waals surface area contributed by atoms with Crippen molar-refractivity contribution < 1.29 is 9.84 Å². The van der Waals surface area contributed by atoms with Crippen LogP contribution in [0.3, 0.4) is 0 Å². The molecule has 1 aromatic rings. The Morgan fingerprint density at radius 3 is 2.69 bits per heavy atom. The van der Waals surface area contributed by atoms with Crippen LogP contribution in [0.15, 0.2) is 0 Å².